The monoisotopic (exact) mass is 1760 g/mol. The van der Waals surface area contributed by atoms with Gasteiger partial charge in [-0.3, -0.25) is 14.5 Å². The Kier molecular flexibility index (Phi) is 68.8. The highest BCUT2D eigenvalue weighted by atomic mass is 16.5. The number of hydrogen-bond donors (Lipinski definition) is 0. The number of carbonyl (C=O) groups is 2. The van der Waals surface area contributed by atoms with Crippen molar-refractivity contribution in [2.24, 2.45) is 5.92 Å². The molecule has 8 aromatic rings. The number of carbonyl (C=O) groups excluding carboxylic acids is 2. The molecule has 23 nitrogen and oxygen atoms in total. The van der Waals surface area contributed by atoms with Gasteiger partial charge in [-0.2, -0.15) is 0 Å². The number of nitrogens with zero attached hydrogens (tertiary/aromatic N) is 2. The maximum Gasteiger partial charge on any atom is 0.308 e. The Morgan fingerprint density at radius 1 is 0.325 bits per heavy atom. The Morgan fingerprint density at radius 3 is 1.04 bits per heavy atom. The fraction of sp³-hybridized carbons (Fsp3) is 0.515. The van der Waals surface area contributed by atoms with Crippen LogP contribution in [0.3, 0.4) is 0 Å². The van der Waals surface area contributed by atoms with Crippen LogP contribution in [0.2, 0.25) is 0 Å². The number of esters is 2. The first kappa shape index (κ1) is 113. The topological polar surface area (TPSA) is 216 Å². The first-order valence-corrected chi connectivity index (χ1v) is 44.1. The van der Waals surface area contributed by atoms with Crippen LogP contribution in [0.25, 0.3) is 0 Å². The van der Waals surface area contributed by atoms with Crippen molar-refractivity contribution in [3.05, 3.63) is 238 Å². The normalized spacial score (nSPS) is 10.7. The first-order chi connectivity index (χ1) is 61.4. The van der Waals surface area contributed by atoms with Gasteiger partial charge < -0.3 is 94.9 Å². The number of rotatable bonds is 57. The minimum Gasteiger partial charge on any atom is -0.497 e. The van der Waals surface area contributed by atoms with E-state index >= 15 is 0 Å². The standard InChI is InChI=1S/C17H29NO4.C17H20O2.C16H26O2.C15H25NO3.C13H18O4.C13H18O3.C12H18O3/c1-19-13-9-18(10-14-20-2)11-15-22-12-8-16-4-6-17(21-3)7-5-16;1-13-4-5-14(2)17(12-13)19-11-10-15-6-8-16(18-3)9-7-15;1-4-6-7-14(5-2)12-18-13-15-8-10-16(17-3)11-9-15;1-16(9-12-17-2)10-13-19-11-8-14-4-6-15(18-3)7-5-14;1-15-9-8-13(14)17-10-7-11-3-5-12(16-2)6-4-11;1-3-4-13(14)16-10-9-11-5-7-12(15-2)8-6-11;1-3-14-8-9-15-10-11-4-6-12(13-2)7-5-11/h4-7H,8-15H2,1-3H3;4-9,12H,10-11H2,1-3H3;8-11,14H,4-7,12-13H2,1-3H3;4-7H,8-13H2,1-3H3;3-6H,7-10H2,1-2H3;5-8H,3-4,9-10H2,1-2H3;4-7H,3,8-10H2,1-2H3. The van der Waals surface area contributed by atoms with Crippen LogP contribution in [0.15, 0.2) is 188 Å². The second-order valence-electron chi connectivity index (χ2n) is 29.3. The predicted molar refractivity (Wildman–Crippen MR) is 505 cm³/mol. The second-order valence-corrected chi connectivity index (χ2v) is 29.3. The molecule has 0 bridgehead atoms. The summed E-state index contributed by atoms with van der Waals surface area (Å²) in [5.41, 5.74) is 10.8. The van der Waals surface area contributed by atoms with Crippen molar-refractivity contribution >= 4 is 11.9 Å². The molecule has 23 heteroatoms. The highest BCUT2D eigenvalue weighted by molar-refractivity contribution is 5.69. The van der Waals surface area contributed by atoms with Crippen LogP contribution >= 0.6 is 0 Å². The van der Waals surface area contributed by atoms with Crippen molar-refractivity contribution in [3.63, 3.8) is 0 Å². The zero-order valence-corrected chi connectivity index (χ0v) is 79.5. The number of ether oxygens (including phenoxy) is 19. The average molecular weight is 1760 g/mol. The molecule has 0 aromatic heterocycles. The number of likely N-dealkylation sites (N-methyl/N-ethyl adjacent to an activating group) is 1. The summed E-state index contributed by atoms with van der Waals surface area (Å²) in [5.74, 6) is 7.45. The molecule has 0 aliphatic heterocycles. The summed E-state index contributed by atoms with van der Waals surface area (Å²) in [6, 6.07) is 62.0. The second kappa shape index (κ2) is 76.9. The molecule has 0 saturated heterocycles. The van der Waals surface area contributed by atoms with E-state index in [0.29, 0.717) is 78.0 Å². The van der Waals surface area contributed by atoms with Crippen molar-refractivity contribution in [2.45, 2.75) is 132 Å². The quantitative estimate of drug-likeness (QED) is 0.0256. The van der Waals surface area contributed by atoms with Gasteiger partial charge in [0.25, 0.3) is 0 Å². The molecular weight excluding hydrogens is 1600 g/mol. The van der Waals surface area contributed by atoms with Gasteiger partial charge in [-0.05, 0) is 200 Å². The molecule has 0 saturated carbocycles. The van der Waals surface area contributed by atoms with E-state index in [1.165, 1.54) is 59.1 Å². The molecule has 126 heavy (non-hydrogen) atoms. The van der Waals surface area contributed by atoms with E-state index in [1.807, 2.05) is 135 Å². The van der Waals surface area contributed by atoms with Crippen LogP contribution in [0.1, 0.15) is 123 Å². The van der Waals surface area contributed by atoms with Gasteiger partial charge in [-0.15, -0.1) is 0 Å². The summed E-state index contributed by atoms with van der Waals surface area (Å²) in [4.78, 5) is 26.8. The SMILES string of the molecule is CCCC(=O)OCCc1ccc(OC)cc1.CCCCC(CC)COCc1ccc(OC)cc1.CCOCCOCc1ccc(OC)cc1.COCCC(=O)OCCc1ccc(OC)cc1.COCCN(C)CCOCCc1ccc(OC)cc1.COCCN(CCOC)CCOCCc1ccc(OC)cc1.COc1ccc(CCOc2cc(C)ccc2C)cc1. The van der Waals surface area contributed by atoms with Crippen molar-refractivity contribution in [1.82, 2.24) is 9.80 Å². The lowest BCUT2D eigenvalue weighted by Crippen LogP contribution is -2.33. The lowest BCUT2D eigenvalue weighted by Gasteiger charge is -2.21. The molecule has 0 amide bonds. The van der Waals surface area contributed by atoms with E-state index < -0.39 is 0 Å². The van der Waals surface area contributed by atoms with Crippen LogP contribution in [-0.4, -0.2) is 239 Å². The molecule has 1 atom stereocenters. The zero-order chi connectivity index (χ0) is 92.1. The minimum atomic E-state index is -0.222. The Balaban J connectivity index is 0.000000499. The molecule has 8 rings (SSSR count). The lowest BCUT2D eigenvalue weighted by molar-refractivity contribution is -0.145. The van der Waals surface area contributed by atoms with Gasteiger partial charge in [0.15, 0.2) is 0 Å². The van der Waals surface area contributed by atoms with E-state index in [0.717, 1.165) is 187 Å². The molecule has 0 fully saturated rings. The molecule has 0 N–H and O–H groups in total. The van der Waals surface area contributed by atoms with Gasteiger partial charge in [-0.25, -0.2) is 0 Å². The van der Waals surface area contributed by atoms with Gasteiger partial charge in [0, 0.05) is 100 Å². The summed E-state index contributed by atoms with van der Waals surface area (Å²) < 4.78 is 99.5. The van der Waals surface area contributed by atoms with Gasteiger partial charge in [0.05, 0.1) is 155 Å². The van der Waals surface area contributed by atoms with Gasteiger partial charge in [0.2, 0.25) is 0 Å². The van der Waals surface area contributed by atoms with Crippen molar-refractivity contribution < 1.29 is 99.6 Å². The molecule has 702 valence electrons. The highest BCUT2D eigenvalue weighted by Crippen LogP contribution is 2.22. The molecular formula is C103H154N2O21. The molecule has 0 radical (unpaired) electrons. The Bertz CT molecular complexity index is 3830. The van der Waals surface area contributed by atoms with Crippen LogP contribution in [-0.2, 0) is 107 Å². The maximum atomic E-state index is 11.2. The molecule has 1 unspecified atom stereocenters. The number of hydrogen-bond acceptors (Lipinski definition) is 23. The Morgan fingerprint density at radius 2 is 0.667 bits per heavy atom. The molecule has 0 aliphatic carbocycles. The van der Waals surface area contributed by atoms with Crippen LogP contribution in [0.4, 0.5) is 0 Å². The average Bonchev–Trinajstić information content (AvgIpc) is 0.881. The van der Waals surface area contributed by atoms with Gasteiger partial charge in [0.1, 0.15) is 46.0 Å². The van der Waals surface area contributed by atoms with Crippen molar-refractivity contribution in [3.8, 4) is 46.0 Å². The lowest BCUT2D eigenvalue weighted by atomic mass is 10.0. The minimum absolute atomic E-state index is 0.115. The van der Waals surface area contributed by atoms with E-state index in [1.54, 1.807) is 78.2 Å². The number of methoxy groups -OCH3 is 11. The summed E-state index contributed by atoms with van der Waals surface area (Å²) in [5, 5.41) is 0. The summed E-state index contributed by atoms with van der Waals surface area (Å²) in [6.45, 7) is 28.5. The van der Waals surface area contributed by atoms with E-state index in [-0.39, 0.29) is 11.9 Å². The molecule has 0 spiro atoms. The summed E-state index contributed by atoms with van der Waals surface area (Å²) >= 11 is 0. The first-order valence-electron chi connectivity index (χ1n) is 44.1. The maximum absolute atomic E-state index is 11.2. The number of benzene rings is 8. The van der Waals surface area contributed by atoms with Gasteiger partial charge >= 0.3 is 11.9 Å². The van der Waals surface area contributed by atoms with Crippen LogP contribution < -0.4 is 37.9 Å². The predicted octanol–water partition coefficient (Wildman–Crippen LogP) is 18.7. The van der Waals surface area contributed by atoms with Crippen LogP contribution in [0, 0.1) is 19.8 Å². The molecule has 0 aliphatic rings. The largest absolute Gasteiger partial charge is 0.497 e. The summed E-state index contributed by atoms with van der Waals surface area (Å²) in [7, 11) is 20.5. The van der Waals surface area contributed by atoms with E-state index in [2.05, 4.69) is 111 Å². The van der Waals surface area contributed by atoms with E-state index in [9.17, 15) is 9.59 Å². The van der Waals surface area contributed by atoms with Gasteiger partial charge in [-0.1, -0.05) is 137 Å². The van der Waals surface area contributed by atoms with Crippen molar-refractivity contribution in [2.75, 3.05) is 217 Å². The van der Waals surface area contributed by atoms with E-state index in [4.69, 9.17) is 90.0 Å². The smallest absolute Gasteiger partial charge is 0.308 e. The van der Waals surface area contributed by atoms with Crippen molar-refractivity contribution in [1.29, 1.82) is 0 Å². The molecule has 0 heterocycles. The third kappa shape index (κ3) is 58.1. The zero-order valence-electron chi connectivity index (χ0n) is 79.5. The third-order valence-corrected chi connectivity index (χ3v) is 19.5. The number of unbranched alkanes of at least 4 members (excludes halogenated alkanes) is 1. The third-order valence-electron chi connectivity index (χ3n) is 19.5. The highest BCUT2D eigenvalue weighted by Gasteiger charge is 2.10. The Hall–Kier alpha value is -9.34. The summed E-state index contributed by atoms with van der Waals surface area (Å²) in [6.07, 6.45) is 10.9. The fourth-order valence-electron chi connectivity index (χ4n) is 11.5. The van der Waals surface area contributed by atoms with Crippen LogP contribution in [0.5, 0.6) is 46.0 Å². The fourth-order valence-corrected chi connectivity index (χ4v) is 11.5. The molecule has 8 aromatic carbocycles. The Labute approximate surface area is 756 Å². The number of aryl methyl sites for hydroxylation is 2.